The molecule has 100 valence electrons. The molecule has 1 amide bonds. The van der Waals surface area contributed by atoms with Crippen LogP contribution in [0.1, 0.15) is 47.0 Å². The monoisotopic (exact) mass is 257 g/mol. The standard InChI is InChI=1S/C14H27NOS/c1-11(6-8-17)5-7-15-10-12(9-13(15)16)14(2,3)4/h11-12,17H,5-10H2,1-4H3. The van der Waals surface area contributed by atoms with Gasteiger partial charge in [-0.2, -0.15) is 12.6 Å². The molecule has 0 radical (unpaired) electrons. The number of likely N-dealkylation sites (tertiary alicyclic amines) is 1. The van der Waals surface area contributed by atoms with Gasteiger partial charge in [0, 0.05) is 19.5 Å². The molecule has 0 aliphatic carbocycles. The zero-order chi connectivity index (χ0) is 13.1. The van der Waals surface area contributed by atoms with E-state index in [1.54, 1.807) is 0 Å². The Kier molecular flexibility index (Phi) is 5.36. The van der Waals surface area contributed by atoms with Crippen molar-refractivity contribution in [2.45, 2.75) is 47.0 Å². The van der Waals surface area contributed by atoms with Crippen molar-refractivity contribution in [3.05, 3.63) is 0 Å². The minimum absolute atomic E-state index is 0.251. The number of hydrogen-bond donors (Lipinski definition) is 1. The lowest BCUT2D eigenvalue weighted by Gasteiger charge is -2.26. The lowest BCUT2D eigenvalue weighted by Crippen LogP contribution is -2.29. The van der Waals surface area contributed by atoms with E-state index in [0.717, 1.165) is 38.1 Å². The molecule has 1 aliphatic rings. The van der Waals surface area contributed by atoms with Gasteiger partial charge in [-0.15, -0.1) is 0 Å². The van der Waals surface area contributed by atoms with Gasteiger partial charge in [-0.3, -0.25) is 4.79 Å². The topological polar surface area (TPSA) is 20.3 Å². The number of amides is 1. The van der Waals surface area contributed by atoms with Crippen LogP contribution in [-0.2, 0) is 4.79 Å². The summed E-state index contributed by atoms with van der Waals surface area (Å²) in [5, 5.41) is 0. The van der Waals surface area contributed by atoms with E-state index in [1.807, 2.05) is 0 Å². The van der Waals surface area contributed by atoms with E-state index in [-0.39, 0.29) is 5.41 Å². The largest absolute Gasteiger partial charge is 0.342 e. The molecule has 1 saturated heterocycles. The molecule has 0 aromatic carbocycles. The summed E-state index contributed by atoms with van der Waals surface area (Å²) in [6.45, 7) is 10.8. The number of carbonyl (C=O) groups is 1. The lowest BCUT2D eigenvalue weighted by atomic mass is 9.80. The van der Waals surface area contributed by atoms with Crippen LogP contribution in [0.5, 0.6) is 0 Å². The van der Waals surface area contributed by atoms with Crippen LogP contribution in [0.4, 0.5) is 0 Å². The molecule has 0 saturated carbocycles. The smallest absolute Gasteiger partial charge is 0.222 e. The summed E-state index contributed by atoms with van der Waals surface area (Å²) in [6, 6.07) is 0. The fraction of sp³-hybridized carbons (Fsp3) is 0.929. The Labute approximate surface area is 112 Å². The third-order valence-electron chi connectivity index (χ3n) is 3.95. The van der Waals surface area contributed by atoms with E-state index in [4.69, 9.17) is 0 Å². The van der Waals surface area contributed by atoms with Crippen molar-refractivity contribution in [1.29, 1.82) is 0 Å². The molecule has 2 unspecified atom stereocenters. The molecule has 1 rings (SSSR count). The van der Waals surface area contributed by atoms with Crippen molar-refractivity contribution in [3.63, 3.8) is 0 Å². The van der Waals surface area contributed by atoms with Crippen molar-refractivity contribution in [1.82, 2.24) is 4.90 Å². The average Bonchev–Trinajstić information content (AvgIpc) is 2.57. The second-order valence-electron chi connectivity index (χ2n) is 6.51. The minimum Gasteiger partial charge on any atom is -0.342 e. The Morgan fingerprint density at radius 3 is 2.53 bits per heavy atom. The molecule has 2 atom stereocenters. The Morgan fingerprint density at radius 2 is 2.06 bits per heavy atom. The Balaban J connectivity index is 2.38. The van der Waals surface area contributed by atoms with Crippen molar-refractivity contribution in [3.8, 4) is 0 Å². The fourth-order valence-electron chi connectivity index (χ4n) is 2.31. The first-order chi connectivity index (χ1) is 7.84. The summed E-state index contributed by atoms with van der Waals surface area (Å²) in [5.74, 6) is 2.49. The highest BCUT2D eigenvalue weighted by Gasteiger charge is 2.36. The van der Waals surface area contributed by atoms with E-state index in [9.17, 15) is 4.79 Å². The second-order valence-corrected chi connectivity index (χ2v) is 6.96. The summed E-state index contributed by atoms with van der Waals surface area (Å²) < 4.78 is 0. The van der Waals surface area contributed by atoms with Crippen molar-refractivity contribution >= 4 is 18.5 Å². The molecule has 0 spiro atoms. The first kappa shape index (κ1) is 14.9. The highest BCUT2D eigenvalue weighted by Crippen LogP contribution is 2.34. The lowest BCUT2D eigenvalue weighted by molar-refractivity contribution is -0.127. The molecule has 0 aromatic heterocycles. The molecule has 1 fully saturated rings. The van der Waals surface area contributed by atoms with Gasteiger partial charge >= 0.3 is 0 Å². The first-order valence-corrected chi connectivity index (χ1v) is 7.36. The predicted octanol–water partition coefficient (Wildman–Crippen LogP) is 3.23. The van der Waals surface area contributed by atoms with Crippen molar-refractivity contribution in [2.75, 3.05) is 18.8 Å². The third kappa shape index (κ3) is 4.53. The first-order valence-electron chi connectivity index (χ1n) is 6.73. The fourth-order valence-corrected chi connectivity index (χ4v) is 2.75. The van der Waals surface area contributed by atoms with Gasteiger partial charge in [0.05, 0.1) is 0 Å². The number of nitrogens with zero attached hydrogens (tertiary/aromatic N) is 1. The predicted molar refractivity (Wildman–Crippen MR) is 76.4 cm³/mol. The summed E-state index contributed by atoms with van der Waals surface area (Å²) in [4.78, 5) is 14.0. The number of hydrogen-bond acceptors (Lipinski definition) is 2. The SMILES string of the molecule is CC(CCS)CCN1CC(C(C)(C)C)CC1=O. The Hall–Kier alpha value is -0.180. The van der Waals surface area contributed by atoms with Crippen LogP contribution in [0.3, 0.4) is 0 Å². The Bertz CT molecular complexity index is 259. The van der Waals surface area contributed by atoms with Crippen LogP contribution in [0.25, 0.3) is 0 Å². The highest BCUT2D eigenvalue weighted by atomic mass is 32.1. The van der Waals surface area contributed by atoms with Gasteiger partial charge in [0.2, 0.25) is 5.91 Å². The van der Waals surface area contributed by atoms with Crippen LogP contribution in [0, 0.1) is 17.3 Å². The molecular formula is C14H27NOS. The van der Waals surface area contributed by atoms with Gasteiger partial charge in [-0.25, -0.2) is 0 Å². The molecular weight excluding hydrogens is 230 g/mol. The molecule has 0 aromatic rings. The van der Waals surface area contributed by atoms with Crippen molar-refractivity contribution in [2.24, 2.45) is 17.3 Å². The maximum atomic E-state index is 11.9. The van der Waals surface area contributed by atoms with Gasteiger partial charge in [0.15, 0.2) is 0 Å². The number of rotatable bonds is 5. The summed E-state index contributed by atoms with van der Waals surface area (Å²) in [7, 11) is 0. The average molecular weight is 257 g/mol. The minimum atomic E-state index is 0.251. The molecule has 0 N–H and O–H groups in total. The van der Waals surface area contributed by atoms with E-state index in [1.165, 1.54) is 0 Å². The number of carbonyl (C=O) groups excluding carboxylic acids is 1. The molecule has 1 aliphatic heterocycles. The maximum absolute atomic E-state index is 11.9. The van der Waals surface area contributed by atoms with Crippen LogP contribution < -0.4 is 0 Å². The molecule has 2 nitrogen and oxygen atoms in total. The molecule has 17 heavy (non-hydrogen) atoms. The van der Waals surface area contributed by atoms with Gasteiger partial charge in [0.25, 0.3) is 0 Å². The summed E-state index contributed by atoms with van der Waals surface area (Å²) in [6.07, 6.45) is 3.00. The Morgan fingerprint density at radius 1 is 1.41 bits per heavy atom. The van der Waals surface area contributed by atoms with Gasteiger partial charge in [0.1, 0.15) is 0 Å². The van der Waals surface area contributed by atoms with Gasteiger partial charge < -0.3 is 4.90 Å². The quantitative estimate of drug-likeness (QED) is 0.750. The van der Waals surface area contributed by atoms with E-state index in [0.29, 0.717) is 17.7 Å². The normalized spacial score (nSPS) is 23.2. The van der Waals surface area contributed by atoms with Gasteiger partial charge in [-0.05, 0) is 35.8 Å². The van der Waals surface area contributed by atoms with Crippen molar-refractivity contribution < 1.29 is 4.79 Å². The van der Waals surface area contributed by atoms with Crippen LogP contribution in [0.2, 0.25) is 0 Å². The summed E-state index contributed by atoms with van der Waals surface area (Å²) in [5.41, 5.74) is 0.251. The maximum Gasteiger partial charge on any atom is 0.222 e. The zero-order valence-corrected chi connectivity index (χ0v) is 12.6. The summed E-state index contributed by atoms with van der Waals surface area (Å²) >= 11 is 4.25. The number of thiol groups is 1. The zero-order valence-electron chi connectivity index (χ0n) is 11.7. The molecule has 1 heterocycles. The van der Waals surface area contributed by atoms with Crippen LogP contribution >= 0.6 is 12.6 Å². The molecule has 0 bridgehead atoms. The van der Waals surface area contributed by atoms with Crippen LogP contribution in [-0.4, -0.2) is 29.6 Å². The van der Waals surface area contributed by atoms with E-state index < -0.39 is 0 Å². The van der Waals surface area contributed by atoms with E-state index >= 15 is 0 Å². The third-order valence-corrected chi connectivity index (χ3v) is 4.21. The molecule has 3 heteroatoms. The van der Waals surface area contributed by atoms with Gasteiger partial charge in [-0.1, -0.05) is 27.7 Å². The van der Waals surface area contributed by atoms with Crippen LogP contribution in [0.15, 0.2) is 0 Å². The second kappa shape index (κ2) is 6.12. The van der Waals surface area contributed by atoms with E-state index in [2.05, 4.69) is 45.2 Å². The highest BCUT2D eigenvalue weighted by molar-refractivity contribution is 7.80.